The van der Waals surface area contributed by atoms with Gasteiger partial charge in [0.1, 0.15) is 5.82 Å². The molecule has 6 nitrogen and oxygen atoms in total. The van der Waals surface area contributed by atoms with Crippen LogP contribution in [-0.2, 0) is 9.68 Å². The van der Waals surface area contributed by atoms with Gasteiger partial charge in [-0.05, 0) is 28.1 Å². The van der Waals surface area contributed by atoms with Gasteiger partial charge < -0.3 is 10.1 Å². The van der Waals surface area contributed by atoms with Crippen LogP contribution in [-0.4, -0.2) is 30.7 Å². The number of methoxy groups -OCH3 is 1. The van der Waals surface area contributed by atoms with Crippen molar-refractivity contribution in [2.45, 2.75) is 0 Å². The largest absolute Gasteiger partial charge is 0.383 e. The molecule has 0 bridgehead atoms. The fourth-order valence-corrected chi connectivity index (χ4v) is 1.70. The van der Waals surface area contributed by atoms with Crippen LogP contribution in [0.2, 0.25) is 0 Å². The number of nitrogens with one attached hydrogen (secondary N) is 1. The lowest BCUT2D eigenvalue weighted by molar-refractivity contribution is -0.306. The molecule has 2 N–H and O–H groups in total. The summed E-state index contributed by atoms with van der Waals surface area (Å²) in [6.45, 7) is 0.989. The smallest absolute Gasteiger partial charge is 0.179 e. The summed E-state index contributed by atoms with van der Waals surface area (Å²) in [7, 11) is 1.58. The fraction of sp³-hybridized carbons (Fsp3) is 0.273. The highest BCUT2D eigenvalue weighted by atomic mass is 79.9. The second kappa shape index (κ2) is 6.20. The van der Waals surface area contributed by atoms with Crippen LogP contribution in [0.25, 0.3) is 0 Å². The minimum atomic E-state index is -0.417. The standard InChI is InChI=1S/C11H13BrFN3O3/c1-18-5-4-14-11-7-15(19-16(11)17)8-2-3-9(12)10(13)6-8/h2-3,6-7,14,17H,4-5H2,1H3. The lowest BCUT2D eigenvalue weighted by Gasteiger charge is -2.16. The molecule has 0 aromatic heterocycles. The molecular weight excluding hydrogens is 321 g/mol. The van der Waals surface area contributed by atoms with Crippen molar-refractivity contribution in [1.82, 2.24) is 10.5 Å². The Morgan fingerprint density at radius 3 is 3.00 bits per heavy atom. The SMILES string of the molecule is COCCNC1=CN(c2ccc(Br)c(F)c2)ON1O. The Labute approximate surface area is 118 Å². The molecule has 1 aliphatic heterocycles. The Morgan fingerprint density at radius 2 is 2.32 bits per heavy atom. The molecule has 0 aliphatic carbocycles. The molecule has 1 aromatic rings. The zero-order chi connectivity index (χ0) is 13.8. The van der Waals surface area contributed by atoms with E-state index in [9.17, 15) is 9.60 Å². The number of hydrogen-bond donors (Lipinski definition) is 2. The number of ether oxygens (including phenoxy) is 1. The van der Waals surface area contributed by atoms with Crippen LogP contribution in [0, 0.1) is 5.82 Å². The maximum atomic E-state index is 13.4. The van der Waals surface area contributed by atoms with E-state index in [1.54, 1.807) is 19.2 Å². The van der Waals surface area contributed by atoms with E-state index in [0.29, 0.717) is 34.4 Å². The molecular formula is C11H13BrFN3O3. The first-order valence-electron chi connectivity index (χ1n) is 5.48. The monoisotopic (exact) mass is 333 g/mol. The zero-order valence-corrected chi connectivity index (χ0v) is 11.7. The molecule has 0 saturated heterocycles. The van der Waals surface area contributed by atoms with Crippen LogP contribution in [0.3, 0.4) is 0 Å². The third-order valence-electron chi connectivity index (χ3n) is 2.38. The van der Waals surface area contributed by atoms with Crippen LogP contribution < -0.4 is 10.4 Å². The van der Waals surface area contributed by atoms with E-state index in [1.807, 2.05) is 0 Å². The van der Waals surface area contributed by atoms with E-state index in [0.717, 1.165) is 0 Å². The summed E-state index contributed by atoms with van der Waals surface area (Å²) in [5, 5.41) is 14.2. The number of halogens is 2. The molecule has 19 heavy (non-hydrogen) atoms. The summed E-state index contributed by atoms with van der Waals surface area (Å²) in [6.07, 6.45) is 1.50. The predicted molar refractivity (Wildman–Crippen MR) is 69.3 cm³/mol. The van der Waals surface area contributed by atoms with Gasteiger partial charge in [-0.1, -0.05) is 5.23 Å². The molecule has 0 amide bonds. The van der Waals surface area contributed by atoms with Gasteiger partial charge >= 0.3 is 0 Å². The topological polar surface area (TPSA) is 57.2 Å². The molecule has 1 heterocycles. The van der Waals surface area contributed by atoms with E-state index in [1.165, 1.54) is 17.3 Å². The maximum absolute atomic E-state index is 13.4. The Balaban J connectivity index is 2.07. The summed E-state index contributed by atoms with van der Waals surface area (Å²) in [4.78, 5) is 5.03. The Morgan fingerprint density at radius 1 is 1.53 bits per heavy atom. The first-order chi connectivity index (χ1) is 9.11. The van der Waals surface area contributed by atoms with Crippen LogP contribution in [0.5, 0.6) is 0 Å². The second-order valence-electron chi connectivity index (χ2n) is 3.71. The normalized spacial score (nSPS) is 14.8. The number of benzene rings is 1. The molecule has 0 saturated carbocycles. The zero-order valence-electron chi connectivity index (χ0n) is 10.1. The van der Waals surface area contributed by atoms with Gasteiger partial charge in [-0.25, -0.2) is 4.39 Å². The minimum Gasteiger partial charge on any atom is -0.383 e. The first-order valence-corrected chi connectivity index (χ1v) is 6.27. The van der Waals surface area contributed by atoms with E-state index in [2.05, 4.69) is 21.2 Å². The summed E-state index contributed by atoms with van der Waals surface area (Å²) in [5.41, 5.74) is 0.447. The second-order valence-corrected chi connectivity index (χ2v) is 4.57. The summed E-state index contributed by atoms with van der Waals surface area (Å²) in [5.74, 6) is -0.0832. The van der Waals surface area contributed by atoms with Gasteiger partial charge in [0.25, 0.3) is 0 Å². The van der Waals surface area contributed by atoms with Crippen molar-refractivity contribution in [1.29, 1.82) is 0 Å². The predicted octanol–water partition coefficient (Wildman–Crippen LogP) is 1.98. The van der Waals surface area contributed by atoms with Crippen LogP contribution in [0.4, 0.5) is 10.1 Å². The van der Waals surface area contributed by atoms with Crippen molar-refractivity contribution >= 4 is 21.6 Å². The molecule has 1 aliphatic rings. The molecule has 104 valence electrons. The van der Waals surface area contributed by atoms with Crippen LogP contribution in [0.1, 0.15) is 0 Å². The Hall–Kier alpha value is -1.35. The maximum Gasteiger partial charge on any atom is 0.179 e. The lowest BCUT2D eigenvalue weighted by Crippen LogP contribution is -2.28. The number of hydrogen-bond acceptors (Lipinski definition) is 6. The molecule has 0 radical (unpaired) electrons. The van der Waals surface area contributed by atoms with Gasteiger partial charge in [0.05, 0.1) is 23.0 Å². The number of rotatable bonds is 5. The Bertz CT molecular complexity index is 486. The van der Waals surface area contributed by atoms with Gasteiger partial charge in [0.15, 0.2) is 5.82 Å². The number of nitrogens with zero attached hydrogens (tertiary/aromatic N) is 2. The first kappa shape index (κ1) is 14.1. The number of hydroxylamine groups is 3. The van der Waals surface area contributed by atoms with Crippen molar-refractivity contribution in [3.05, 3.63) is 40.5 Å². The number of anilines is 1. The highest BCUT2D eigenvalue weighted by Crippen LogP contribution is 2.26. The van der Waals surface area contributed by atoms with E-state index in [-0.39, 0.29) is 0 Å². The van der Waals surface area contributed by atoms with Gasteiger partial charge in [-0.2, -0.15) is 5.06 Å². The van der Waals surface area contributed by atoms with Crippen LogP contribution in [0.15, 0.2) is 34.7 Å². The molecule has 0 unspecified atom stereocenters. The minimum absolute atomic E-state index is 0.334. The third-order valence-corrected chi connectivity index (χ3v) is 3.02. The average molecular weight is 334 g/mol. The summed E-state index contributed by atoms with van der Waals surface area (Å²) < 4.78 is 18.7. The van der Waals surface area contributed by atoms with Crippen molar-refractivity contribution in [3.63, 3.8) is 0 Å². The molecule has 8 heteroatoms. The molecule has 1 aromatic carbocycles. The molecule has 0 spiro atoms. The van der Waals surface area contributed by atoms with Crippen LogP contribution >= 0.6 is 15.9 Å². The van der Waals surface area contributed by atoms with E-state index < -0.39 is 5.82 Å². The van der Waals surface area contributed by atoms with Gasteiger partial charge in [0, 0.05) is 19.7 Å². The lowest BCUT2D eigenvalue weighted by atomic mass is 10.3. The summed E-state index contributed by atoms with van der Waals surface area (Å²) in [6, 6.07) is 4.49. The van der Waals surface area contributed by atoms with Crippen molar-refractivity contribution < 1.29 is 19.3 Å². The van der Waals surface area contributed by atoms with Gasteiger partial charge in [-0.3, -0.25) is 5.21 Å². The highest BCUT2D eigenvalue weighted by molar-refractivity contribution is 9.10. The van der Waals surface area contributed by atoms with Crippen molar-refractivity contribution in [2.24, 2.45) is 0 Å². The quantitative estimate of drug-likeness (QED) is 0.803. The molecule has 0 atom stereocenters. The fourth-order valence-electron chi connectivity index (χ4n) is 1.45. The average Bonchev–Trinajstić information content (AvgIpc) is 2.75. The van der Waals surface area contributed by atoms with Crippen molar-refractivity contribution in [3.8, 4) is 0 Å². The van der Waals surface area contributed by atoms with E-state index >= 15 is 0 Å². The third kappa shape index (κ3) is 3.35. The Kier molecular flexibility index (Phi) is 4.59. The van der Waals surface area contributed by atoms with Gasteiger partial charge in [0.2, 0.25) is 0 Å². The molecule has 2 rings (SSSR count). The summed E-state index contributed by atoms with van der Waals surface area (Å²) >= 11 is 3.07. The highest BCUT2D eigenvalue weighted by Gasteiger charge is 2.22. The molecule has 0 fully saturated rings. The van der Waals surface area contributed by atoms with Crippen molar-refractivity contribution in [2.75, 3.05) is 25.3 Å². The van der Waals surface area contributed by atoms with E-state index in [4.69, 9.17) is 9.68 Å². The van der Waals surface area contributed by atoms with Gasteiger partial charge in [-0.15, -0.1) is 4.94 Å².